The van der Waals surface area contributed by atoms with E-state index >= 15 is 0 Å². The summed E-state index contributed by atoms with van der Waals surface area (Å²) < 4.78 is 0. The second-order valence-corrected chi connectivity index (χ2v) is 5.57. The summed E-state index contributed by atoms with van der Waals surface area (Å²) in [5, 5.41) is 3.62. The first-order chi connectivity index (χ1) is 8.72. The second kappa shape index (κ2) is 6.24. The maximum atomic E-state index is 3.62. The number of para-hydroxylation sites is 1. The lowest BCUT2D eigenvalue weighted by Gasteiger charge is -2.30. The maximum absolute atomic E-state index is 3.62. The molecule has 1 aromatic carbocycles. The number of benzene rings is 1. The van der Waals surface area contributed by atoms with Crippen LogP contribution in [-0.2, 0) is 6.54 Å². The summed E-state index contributed by atoms with van der Waals surface area (Å²) in [4.78, 5) is 2.52. The van der Waals surface area contributed by atoms with Gasteiger partial charge in [-0.05, 0) is 44.7 Å². The van der Waals surface area contributed by atoms with E-state index in [1.54, 1.807) is 0 Å². The number of hydrogen-bond acceptors (Lipinski definition) is 2. The summed E-state index contributed by atoms with van der Waals surface area (Å²) >= 11 is 0. The van der Waals surface area contributed by atoms with E-state index in [0.717, 1.165) is 19.1 Å². The molecule has 1 aromatic rings. The summed E-state index contributed by atoms with van der Waals surface area (Å²) in [6.45, 7) is 8.95. The summed E-state index contributed by atoms with van der Waals surface area (Å²) in [6.07, 6.45) is 3.90. The molecule has 0 spiro atoms. The average molecular weight is 246 g/mol. The van der Waals surface area contributed by atoms with E-state index in [2.05, 4.69) is 55.3 Å². The van der Waals surface area contributed by atoms with Gasteiger partial charge >= 0.3 is 0 Å². The smallest absolute Gasteiger partial charge is 0.0414 e. The molecule has 0 saturated heterocycles. The van der Waals surface area contributed by atoms with Crippen LogP contribution < -0.4 is 10.2 Å². The minimum atomic E-state index is 0.562. The van der Waals surface area contributed by atoms with Crippen LogP contribution in [-0.4, -0.2) is 18.6 Å². The molecule has 1 N–H and O–H groups in total. The van der Waals surface area contributed by atoms with Crippen molar-refractivity contribution in [1.82, 2.24) is 5.32 Å². The molecule has 0 aliphatic heterocycles. The molecule has 18 heavy (non-hydrogen) atoms. The number of nitrogens with one attached hydrogen (secondary N) is 1. The van der Waals surface area contributed by atoms with Crippen LogP contribution in [0.15, 0.2) is 24.3 Å². The van der Waals surface area contributed by atoms with Crippen LogP contribution in [0.2, 0.25) is 0 Å². The molecule has 0 aromatic heterocycles. The van der Waals surface area contributed by atoms with E-state index < -0.39 is 0 Å². The quantitative estimate of drug-likeness (QED) is 0.791. The minimum absolute atomic E-state index is 0.562. The van der Waals surface area contributed by atoms with Crippen molar-refractivity contribution < 1.29 is 0 Å². The SMILES string of the molecule is CCCN(c1ccccc1CNC1CC1)C(C)C. The van der Waals surface area contributed by atoms with E-state index in [0.29, 0.717) is 6.04 Å². The van der Waals surface area contributed by atoms with Crippen LogP contribution in [0.4, 0.5) is 5.69 Å². The fraction of sp³-hybridized carbons (Fsp3) is 0.625. The Morgan fingerprint density at radius 3 is 2.61 bits per heavy atom. The van der Waals surface area contributed by atoms with Gasteiger partial charge in [0.25, 0.3) is 0 Å². The van der Waals surface area contributed by atoms with Gasteiger partial charge in [-0.15, -0.1) is 0 Å². The highest BCUT2D eigenvalue weighted by molar-refractivity contribution is 5.54. The third-order valence-corrected chi connectivity index (χ3v) is 3.55. The van der Waals surface area contributed by atoms with Gasteiger partial charge in [-0.2, -0.15) is 0 Å². The van der Waals surface area contributed by atoms with Crippen LogP contribution in [0.25, 0.3) is 0 Å². The van der Waals surface area contributed by atoms with Crippen molar-refractivity contribution in [2.24, 2.45) is 0 Å². The van der Waals surface area contributed by atoms with Gasteiger partial charge in [-0.1, -0.05) is 25.1 Å². The van der Waals surface area contributed by atoms with Crippen molar-refractivity contribution in [3.63, 3.8) is 0 Å². The van der Waals surface area contributed by atoms with Crippen molar-refractivity contribution in [2.45, 2.75) is 58.7 Å². The molecular weight excluding hydrogens is 220 g/mol. The maximum Gasteiger partial charge on any atom is 0.0414 e. The Hall–Kier alpha value is -1.02. The van der Waals surface area contributed by atoms with E-state index in [-0.39, 0.29) is 0 Å². The molecule has 1 aliphatic carbocycles. The van der Waals surface area contributed by atoms with Crippen LogP contribution in [0.1, 0.15) is 45.6 Å². The first kappa shape index (κ1) is 13.4. The molecule has 1 saturated carbocycles. The Labute approximate surface area is 111 Å². The second-order valence-electron chi connectivity index (χ2n) is 5.57. The van der Waals surface area contributed by atoms with Crippen molar-refractivity contribution >= 4 is 5.69 Å². The number of anilines is 1. The van der Waals surface area contributed by atoms with Crippen molar-refractivity contribution in [2.75, 3.05) is 11.4 Å². The molecule has 1 fully saturated rings. The molecule has 0 atom stereocenters. The van der Waals surface area contributed by atoms with Crippen molar-refractivity contribution in [3.8, 4) is 0 Å². The van der Waals surface area contributed by atoms with E-state index in [1.807, 2.05) is 0 Å². The van der Waals surface area contributed by atoms with Crippen LogP contribution in [0.3, 0.4) is 0 Å². The molecule has 0 amide bonds. The Bertz CT molecular complexity index is 369. The normalized spacial score (nSPS) is 15.1. The number of hydrogen-bond donors (Lipinski definition) is 1. The highest BCUT2D eigenvalue weighted by atomic mass is 15.2. The lowest BCUT2D eigenvalue weighted by molar-refractivity contribution is 0.651. The van der Waals surface area contributed by atoms with Crippen molar-refractivity contribution in [3.05, 3.63) is 29.8 Å². The van der Waals surface area contributed by atoms with Crippen molar-refractivity contribution in [1.29, 1.82) is 0 Å². The Kier molecular flexibility index (Phi) is 4.65. The molecule has 100 valence electrons. The van der Waals surface area contributed by atoms with Gasteiger partial charge < -0.3 is 10.2 Å². The van der Waals surface area contributed by atoms with E-state index in [4.69, 9.17) is 0 Å². The zero-order chi connectivity index (χ0) is 13.0. The van der Waals surface area contributed by atoms with Crippen LogP contribution >= 0.6 is 0 Å². The Morgan fingerprint density at radius 2 is 2.00 bits per heavy atom. The Balaban J connectivity index is 2.12. The van der Waals surface area contributed by atoms with Gasteiger partial charge in [0.2, 0.25) is 0 Å². The fourth-order valence-corrected chi connectivity index (χ4v) is 2.38. The standard InChI is InChI=1S/C16H26N2/c1-4-11-18(13(2)3)16-8-6-5-7-14(16)12-17-15-9-10-15/h5-8,13,15,17H,4,9-12H2,1-3H3. The Morgan fingerprint density at radius 1 is 1.28 bits per heavy atom. The molecule has 0 bridgehead atoms. The summed E-state index contributed by atoms with van der Waals surface area (Å²) in [7, 11) is 0. The predicted molar refractivity (Wildman–Crippen MR) is 79.1 cm³/mol. The lowest BCUT2D eigenvalue weighted by Crippen LogP contribution is -2.32. The zero-order valence-electron chi connectivity index (χ0n) is 11.9. The monoisotopic (exact) mass is 246 g/mol. The van der Waals surface area contributed by atoms with Gasteiger partial charge in [0, 0.05) is 30.9 Å². The average Bonchev–Trinajstić information content (AvgIpc) is 3.18. The van der Waals surface area contributed by atoms with Gasteiger partial charge in [0.05, 0.1) is 0 Å². The summed E-state index contributed by atoms with van der Waals surface area (Å²) in [5.74, 6) is 0. The number of rotatable bonds is 7. The molecule has 2 nitrogen and oxygen atoms in total. The molecule has 0 radical (unpaired) electrons. The van der Waals surface area contributed by atoms with E-state index in [1.165, 1.54) is 30.5 Å². The van der Waals surface area contributed by atoms with Gasteiger partial charge in [0.15, 0.2) is 0 Å². The molecule has 2 rings (SSSR count). The largest absolute Gasteiger partial charge is 0.369 e. The van der Waals surface area contributed by atoms with Crippen LogP contribution in [0, 0.1) is 0 Å². The predicted octanol–water partition coefficient (Wildman–Crippen LogP) is 3.56. The first-order valence-corrected chi connectivity index (χ1v) is 7.30. The third kappa shape index (κ3) is 3.49. The molecule has 0 unspecified atom stereocenters. The summed E-state index contributed by atoms with van der Waals surface area (Å²) in [6, 6.07) is 10.2. The molecule has 2 heteroatoms. The third-order valence-electron chi connectivity index (χ3n) is 3.55. The minimum Gasteiger partial charge on any atom is -0.369 e. The summed E-state index contributed by atoms with van der Waals surface area (Å²) in [5.41, 5.74) is 2.84. The molecule has 0 heterocycles. The number of nitrogens with zero attached hydrogens (tertiary/aromatic N) is 1. The lowest BCUT2D eigenvalue weighted by atomic mass is 10.1. The topological polar surface area (TPSA) is 15.3 Å². The highest BCUT2D eigenvalue weighted by Crippen LogP contribution is 2.25. The van der Waals surface area contributed by atoms with Gasteiger partial charge in [0.1, 0.15) is 0 Å². The van der Waals surface area contributed by atoms with Gasteiger partial charge in [-0.3, -0.25) is 0 Å². The highest BCUT2D eigenvalue weighted by Gasteiger charge is 2.21. The van der Waals surface area contributed by atoms with E-state index in [9.17, 15) is 0 Å². The van der Waals surface area contributed by atoms with Crippen LogP contribution in [0.5, 0.6) is 0 Å². The molecule has 1 aliphatic rings. The fourth-order valence-electron chi connectivity index (χ4n) is 2.38. The zero-order valence-corrected chi connectivity index (χ0v) is 11.9. The first-order valence-electron chi connectivity index (χ1n) is 7.30. The van der Waals surface area contributed by atoms with Gasteiger partial charge in [-0.25, -0.2) is 0 Å². The molecular formula is C16H26N2.